The minimum atomic E-state index is -1.04. The van der Waals surface area contributed by atoms with E-state index in [1.807, 2.05) is 0 Å². The van der Waals surface area contributed by atoms with E-state index >= 15 is 0 Å². The van der Waals surface area contributed by atoms with Crippen LogP contribution in [-0.2, 0) is 23.7 Å². The minimum Gasteiger partial charge on any atom is -0.382 e. The molecule has 1 N–H and O–H groups in total. The van der Waals surface area contributed by atoms with Gasteiger partial charge in [0.15, 0.2) is 6.29 Å². The van der Waals surface area contributed by atoms with Gasteiger partial charge in [-0.25, -0.2) is 0 Å². The van der Waals surface area contributed by atoms with Gasteiger partial charge in [-0.05, 0) is 0 Å². The van der Waals surface area contributed by atoms with Crippen molar-refractivity contribution >= 4 is 0 Å². The van der Waals surface area contributed by atoms with Gasteiger partial charge in [-0.1, -0.05) is 0 Å². The van der Waals surface area contributed by atoms with Crippen molar-refractivity contribution in [3.05, 3.63) is 0 Å². The monoisotopic (exact) mass is 236 g/mol. The smallest absolute Gasteiger partial charge is 0.184 e. The maximum atomic E-state index is 9.74. The van der Waals surface area contributed by atoms with Gasteiger partial charge >= 0.3 is 0 Å². The molecule has 0 bridgehead atoms. The van der Waals surface area contributed by atoms with E-state index in [2.05, 4.69) is 0 Å². The molecule has 96 valence electrons. The van der Waals surface area contributed by atoms with Crippen molar-refractivity contribution < 1.29 is 28.8 Å². The summed E-state index contributed by atoms with van der Waals surface area (Å²) in [5.74, 6) is 0. The molecule has 1 fully saturated rings. The minimum absolute atomic E-state index is 0.325. The second-order valence-corrected chi connectivity index (χ2v) is 3.62. The number of hydrogen-bond donors (Lipinski definition) is 1. The lowest BCUT2D eigenvalue weighted by Crippen LogP contribution is -2.60. The predicted molar refractivity (Wildman–Crippen MR) is 55.1 cm³/mol. The normalized spacial score (nSPS) is 39.9. The molecule has 1 rings (SSSR count). The number of aliphatic hydroxyl groups is 1. The van der Waals surface area contributed by atoms with Gasteiger partial charge in [-0.3, -0.25) is 0 Å². The zero-order chi connectivity index (χ0) is 12.1. The van der Waals surface area contributed by atoms with Gasteiger partial charge < -0.3 is 28.8 Å². The molecule has 0 radical (unpaired) electrons. The Bertz CT molecular complexity index is 200. The van der Waals surface area contributed by atoms with Crippen LogP contribution in [-0.4, -0.2) is 70.9 Å². The molecular formula is C10H20O6. The molecule has 2 unspecified atom stereocenters. The third-order valence-electron chi connectivity index (χ3n) is 2.76. The standard InChI is InChI=1S/C10H20O6/c1-12-5-6-7(13-2)8(14-3)9(15-4)10(11)16-6/h6-11H,5H2,1-4H3/t6?,7-,8?,9+,10+/m1/s1. The fraction of sp³-hybridized carbons (Fsp3) is 1.00. The summed E-state index contributed by atoms with van der Waals surface area (Å²) >= 11 is 0. The summed E-state index contributed by atoms with van der Waals surface area (Å²) in [7, 11) is 6.16. The van der Waals surface area contributed by atoms with Crippen LogP contribution in [0.3, 0.4) is 0 Å². The molecule has 0 aliphatic carbocycles. The molecule has 1 saturated heterocycles. The first-order valence-electron chi connectivity index (χ1n) is 5.10. The topological polar surface area (TPSA) is 66.4 Å². The first-order chi connectivity index (χ1) is 7.69. The van der Waals surface area contributed by atoms with Crippen molar-refractivity contribution in [2.45, 2.75) is 30.7 Å². The van der Waals surface area contributed by atoms with Crippen LogP contribution in [0, 0.1) is 0 Å². The van der Waals surface area contributed by atoms with Crippen molar-refractivity contribution in [1.29, 1.82) is 0 Å². The van der Waals surface area contributed by atoms with Gasteiger partial charge in [-0.2, -0.15) is 0 Å². The van der Waals surface area contributed by atoms with Crippen LogP contribution >= 0.6 is 0 Å². The predicted octanol–water partition coefficient (Wildman–Crippen LogP) is -0.605. The quantitative estimate of drug-likeness (QED) is 0.687. The fourth-order valence-corrected chi connectivity index (χ4v) is 2.00. The fourth-order valence-electron chi connectivity index (χ4n) is 2.00. The summed E-state index contributed by atoms with van der Waals surface area (Å²) in [6.07, 6.45) is -2.71. The Morgan fingerprint density at radius 1 is 0.938 bits per heavy atom. The zero-order valence-electron chi connectivity index (χ0n) is 10.1. The van der Waals surface area contributed by atoms with Crippen molar-refractivity contribution in [3.63, 3.8) is 0 Å². The van der Waals surface area contributed by atoms with Gasteiger partial charge in [-0.15, -0.1) is 0 Å². The second-order valence-electron chi connectivity index (χ2n) is 3.62. The lowest BCUT2D eigenvalue weighted by molar-refractivity contribution is -0.300. The van der Waals surface area contributed by atoms with Gasteiger partial charge in [0.1, 0.15) is 24.4 Å². The van der Waals surface area contributed by atoms with E-state index in [4.69, 9.17) is 23.7 Å². The molecule has 5 atom stereocenters. The van der Waals surface area contributed by atoms with Gasteiger partial charge in [0, 0.05) is 28.4 Å². The van der Waals surface area contributed by atoms with Crippen molar-refractivity contribution in [1.82, 2.24) is 0 Å². The highest BCUT2D eigenvalue weighted by molar-refractivity contribution is 4.91. The number of ether oxygens (including phenoxy) is 5. The lowest BCUT2D eigenvalue weighted by Gasteiger charge is -2.42. The number of methoxy groups -OCH3 is 4. The van der Waals surface area contributed by atoms with E-state index in [1.54, 1.807) is 21.3 Å². The number of aliphatic hydroxyl groups excluding tert-OH is 1. The van der Waals surface area contributed by atoms with Crippen LogP contribution in [0.25, 0.3) is 0 Å². The molecule has 16 heavy (non-hydrogen) atoms. The molecule has 0 spiro atoms. The Morgan fingerprint density at radius 3 is 1.94 bits per heavy atom. The van der Waals surface area contributed by atoms with Crippen LogP contribution in [0.4, 0.5) is 0 Å². The second kappa shape index (κ2) is 6.48. The highest BCUT2D eigenvalue weighted by Gasteiger charge is 2.46. The molecule has 0 saturated carbocycles. The maximum Gasteiger partial charge on any atom is 0.184 e. The number of hydrogen-bond acceptors (Lipinski definition) is 6. The average molecular weight is 236 g/mol. The first kappa shape index (κ1) is 13.8. The summed E-state index contributed by atoms with van der Waals surface area (Å²) < 4.78 is 26.1. The van der Waals surface area contributed by atoms with Gasteiger partial charge in [0.05, 0.1) is 6.61 Å². The van der Waals surface area contributed by atoms with E-state index in [0.717, 1.165) is 0 Å². The van der Waals surface area contributed by atoms with Crippen molar-refractivity contribution in [2.24, 2.45) is 0 Å². The molecule has 6 nitrogen and oxygen atoms in total. The lowest BCUT2D eigenvalue weighted by atomic mass is 9.98. The summed E-state index contributed by atoms with van der Waals surface area (Å²) in [4.78, 5) is 0. The number of rotatable bonds is 5. The molecule has 1 aliphatic heterocycles. The highest BCUT2D eigenvalue weighted by Crippen LogP contribution is 2.25. The third-order valence-corrected chi connectivity index (χ3v) is 2.76. The molecule has 0 amide bonds. The molecule has 1 heterocycles. The summed E-state index contributed by atoms with van der Waals surface area (Å²) in [5, 5.41) is 9.74. The van der Waals surface area contributed by atoms with Crippen molar-refractivity contribution in [2.75, 3.05) is 35.0 Å². The molecule has 0 aromatic rings. The Kier molecular flexibility index (Phi) is 5.60. The van der Waals surface area contributed by atoms with E-state index in [9.17, 15) is 5.11 Å². The molecular weight excluding hydrogens is 216 g/mol. The van der Waals surface area contributed by atoms with E-state index in [1.165, 1.54) is 7.11 Å². The van der Waals surface area contributed by atoms with Crippen LogP contribution < -0.4 is 0 Å². The van der Waals surface area contributed by atoms with E-state index in [0.29, 0.717) is 6.61 Å². The molecule has 6 heteroatoms. The average Bonchev–Trinajstić information content (AvgIpc) is 2.28. The zero-order valence-corrected chi connectivity index (χ0v) is 10.1. The SMILES string of the molecule is COCC1O[C@H](O)[C@@H](OC)C(OC)[C@@H]1OC. The largest absolute Gasteiger partial charge is 0.382 e. The van der Waals surface area contributed by atoms with Crippen LogP contribution in [0.15, 0.2) is 0 Å². The maximum absolute atomic E-state index is 9.74. The molecule has 0 aromatic carbocycles. The Balaban J connectivity index is 2.78. The van der Waals surface area contributed by atoms with Crippen LogP contribution in [0.1, 0.15) is 0 Å². The first-order valence-corrected chi connectivity index (χ1v) is 5.10. The van der Waals surface area contributed by atoms with Gasteiger partial charge in [0.2, 0.25) is 0 Å². The summed E-state index contributed by atoms with van der Waals surface area (Å²) in [6.45, 7) is 0.325. The van der Waals surface area contributed by atoms with Crippen LogP contribution in [0.2, 0.25) is 0 Å². The molecule has 0 aromatic heterocycles. The van der Waals surface area contributed by atoms with Gasteiger partial charge in [0.25, 0.3) is 0 Å². The highest BCUT2D eigenvalue weighted by atomic mass is 16.7. The Labute approximate surface area is 95.4 Å². The van der Waals surface area contributed by atoms with E-state index in [-0.39, 0.29) is 18.3 Å². The Morgan fingerprint density at radius 2 is 1.50 bits per heavy atom. The van der Waals surface area contributed by atoms with E-state index < -0.39 is 12.4 Å². The summed E-state index contributed by atoms with van der Waals surface area (Å²) in [5.41, 5.74) is 0. The molecule has 1 aliphatic rings. The van der Waals surface area contributed by atoms with Crippen LogP contribution in [0.5, 0.6) is 0 Å². The third kappa shape index (κ3) is 2.71. The summed E-state index contributed by atoms with van der Waals surface area (Å²) in [6, 6.07) is 0. The Hall–Kier alpha value is -0.240. The van der Waals surface area contributed by atoms with Crippen molar-refractivity contribution in [3.8, 4) is 0 Å².